The molecule has 2 heterocycles. The summed E-state index contributed by atoms with van der Waals surface area (Å²) in [6, 6.07) is 10.7. The van der Waals surface area contributed by atoms with Gasteiger partial charge < -0.3 is 15.5 Å². The van der Waals surface area contributed by atoms with Crippen LogP contribution in [0.4, 0.5) is 5.69 Å². The van der Waals surface area contributed by atoms with E-state index in [2.05, 4.69) is 10.6 Å². The van der Waals surface area contributed by atoms with Crippen LogP contribution in [-0.2, 0) is 4.79 Å². The van der Waals surface area contributed by atoms with Crippen LogP contribution in [0.2, 0.25) is 0 Å². The number of hydrogen-bond acceptors (Lipinski definition) is 4. The van der Waals surface area contributed by atoms with Gasteiger partial charge in [-0.2, -0.15) is 0 Å². The van der Waals surface area contributed by atoms with Gasteiger partial charge in [-0.3, -0.25) is 14.4 Å². The maximum Gasteiger partial charge on any atom is 0.263 e. The molecule has 0 spiro atoms. The number of nitrogens with zero attached hydrogens (tertiary/aromatic N) is 1. The van der Waals surface area contributed by atoms with E-state index in [-0.39, 0.29) is 23.6 Å². The Hall–Kier alpha value is -2.67. The van der Waals surface area contributed by atoms with Gasteiger partial charge in [0, 0.05) is 25.6 Å². The first-order chi connectivity index (χ1) is 13.1. The Kier molecular flexibility index (Phi) is 6.24. The van der Waals surface area contributed by atoms with Gasteiger partial charge in [0.05, 0.1) is 16.1 Å². The first-order valence-corrected chi connectivity index (χ1v) is 9.99. The standard InChI is InChI=1S/C20H23N3O3S/c1-2-21-19(25)15-6-3-4-7-16(15)22-18(24)14-9-11-23(12-10-14)20(26)17-8-5-13-27-17/h3-8,13-14H,2,9-12H2,1H3,(H,21,25)(H,22,24). The zero-order chi connectivity index (χ0) is 19.2. The predicted octanol–water partition coefficient (Wildman–Crippen LogP) is 2.99. The molecule has 0 unspecified atom stereocenters. The summed E-state index contributed by atoms with van der Waals surface area (Å²) in [5.41, 5.74) is 0.976. The number of benzene rings is 1. The number of hydrogen-bond donors (Lipinski definition) is 2. The Balaban J connectivity index is 1.59. The average molecular weight is 385 g/mol. The van der Waals surface area contributed by atoms with Crippen LogP contribution in [-0.4, -0.2) is 42.3 Å². The molecular weight excluding hydrogens is 362 g/mol. The lowest BCUT2D eigenvalue weighted by atomic mass is 9.95. The molecular formula is C20H23N3O3S. The lowest BCUT2D eigenvalue weighted by molar-refractivity contribution is -0.121. The van der Waals surface area contributed by atoms with Gasteiger partial charge in [0.15, 0.2) is 0 Å². The molecule has 0 bridgehead atoms. The van der Waals surface area contributed by atoms with E-state index in [0.29, 0.717) is 43.7 Å². The summed E-state index contributed by atoms with van der Waals surface area (Å²) in [5, 5.41) is 7.53. The van der Waals surface area contributed by atoms with Gasteiger partial charge in [0.1, 0.15) is 0 Å². The highest BCUT2D eigenvalue weighted by molar-refractivity contribution is 7.12. The topological polar surface area (TPSA) is 78.5 Å². The van der Waals surface area contributed by atoms with Gasteiger partial charge >= 0.3 is 0 Å². The van der Waals surface area contributed by atoms with Crippen LogP contribution in [0.25, 0.3) is 0 Å². The van der Waals surface area contributed by atoms with E-state index in [9.17, 15) is 14.4 Å². The number of rotatable bonds is 5. The van der Waals surface area contributed by atoms with E-state index in [1.165, 1.54) is 11.3 Å². The normalized spacial score (nSPS) is 14.6. The highest BCUT2D eigenvalue weighted by atomic mass is 32.1. The second-order valence-electron chi connectivity index (χ2n) is 6.44. The van der Waals surface area contributed by atoms with Crippen LogP contribution < -0.4 is 10.6 Å². The minimum Gasteiger partial charge on any atom is -0.352 e. The van der Waals surface area contributed by atoms with Gasteiger partial charge in [-0.25, -0.2) is 0 Å². The zero-order valence-corrected chi connectivity index (χ0v) is 16.1. The lowest BCUT2D eigenvalue weighted by Gasteiger charge is -2.31. The fraction of sp³-hybridized carbons (Fsp3) is 0.350. The van der Waals surface area contributed by atoms with E-state index in [1.54, 1.807) is 29.2 Å². The third-order valence-electron chi connectivity index (χ3n) is 4.65. The highest BCUT2D eigenvalue weighted by Gasteiger charge is 2.28. The number of amides is 3. The summed E-state index contributed by atoms with van der Waals surface area (Å²) in [7, 11) is 0. The monoisotopic (exact) mass is 385 g/mol. The number of anilines is 1. The molecule has 7 heteroatoms. The van der Waals surface area contributed by atoms with E-state index in [1.807, 2.05) is 24.4 Å². The first kappa shape index (κ1) is 19.1. The summed E-state index contributed by atoms with van der Waals surface area (Å²) in [6.45, 7) is 3.50. The predicted molar refractivity (Wildman–Crippen MR) is 106 cm³/mol. The summed E-state index contributed by atoms with van der Waals surface area (Å²) < 4.78 is 0. The molecule has 0 saturated carbocycles. The van der Waals surface area contributed by atoms with Gasteiger partial charge in [-0.1, -0.05) is 18.2 Å². The molecule has 1 aliphatic rings. The summed E-state index contributed by atoms with van der Waals surface area (Å²) in [6.07, 6.45) is 1.23. The second-order valence-corrected chi connectivity index (χ2v) is 7.39. The van der Waals surface area contributed by atoms with Gasteiger partial charge in [0.2, 0.25) is 5.91 Å². The van der Waals surface area contributed by atoms with Crippen molar-refractivity contribution in [3.8, 4) is 0 Å². The fourth-order valence-electron chi connectivity index (χ4n) is 3.18. The average Bonchev–Trinajstić information content (AvgIpc) is 3.23. The summed E-state index contributed by atoms with van der Waals surface area (Å²) in [5.74, 6) is -0.440. The Bertz CT molecular complexity index is 812. The molecule has 1 aromatic heterocycles. The molecule has 2 aromatic rings. The third kappa shape index (κ3) is 4.54. The summed E-state index contributed by atoms with van der Waals surface area (Å²) >= 11 is 1.43. The van der Waals surface area contributed by atoms with Crippen molar-refractivity contribution in [1.29, 1.82) is 0 Å². The molecule has 1 aromatic carbocycles. The number of carbonyl (C=O) groups is 3. The van der Waals surface area contributed by atoms with Crippen molar-refractivity contribution in [1.82, 2.24) is 10.2 Å². The number of thiophene rings is 1. The molecule has 3 amide bonds. The Labute approximate surface area is 162 Å². The molecule has 1 saturated heterocycles. The third-order valence-corrected chi connectivity index (χ3v) is 5.51. The van der Waals surface area contributed by atoms with Crippen LogP contribution in [0.5, 0.6) is 0 Å². The molecule has 3 rings (SSSR count). The number of carbonyl (C=O) groups excluding carboxylic acids is 3. The van der Waals surface area contributed by atoms with Crippen molar-refractivity contribution in [2.45, 2.75) is 19.8 Å². The maximum absolute atomic E-state index is 12.7. The zero-order valence-electron chi connectivity index (χ0n) is 15.2. The van der Waals surface area contributed by atoms with Crippen LogP contribution >= 0.6 is 11.3 Å². The van der Waals surface area contributed by atoms with Crippen LogP contribution in [0, 0.1) is 5.92 Å². The maximum atomic E-state index is 12.7. The minimum absolute atomic E-state index is 0.0328. The minimum atomic E-state index is -0.204. The molecule has 27 heavy (non-hydrogen) atoms. The smallest absolute Gasteiger partial charge is 0.263 e. The molecule has 6 nitrogen and oxygen atoms in total. The Morgan fingerprint density at radius 2 is 1.85 bits per heavy atom. The van der Waals surface area contributed by atoms with Crippen molar-refractivity contribution in [3.63, 3.8) is 0 Å². The Morgan fingerprint density at radius 3 is 2.52 bits per heavy atom. The van der Waals surface area contributed by atoms with E-state index in [0.717, 1.165) is 4.88 Å². The molecule has 1 fully saturated rings. The largest absolute Gasteiger partial charge is 0.352 e. The SMILES string of the molecule is CCNC(=O)c1ccccc1NC(=O)C1CCN(C(=O)c2cccs2)CC1. The highest BCUT2D eigenvalue weighted by Crippen LogP contribution is 2.23. The van der Waals surface area contributed by atoms with Crippen molar-refractivity contribution < 1.29 is 14.4 Å². The number of para-hydroxylation sites is 1. The van der Waals surface area contributed by atoms with Gasteiger partial charge in [-0.15, -0.1) is 11.3 Å². The van der Waals surface area contributed by atoms with Gasteiger partial charge in [-0.05, 0) is 43.3 Å². The fourth-order valence-corrected chi connectivity index (χ4v) is 3.87. The lowest BCUT2D eigenvalue weighted by Crippen LogP contribution is -2.41. The molecule has 0 radical (unpaired) electrons. The van der Waals surface area contributed by atoms with Crippen molar-refractivity contribution >= 4 is 34.7 Å². The van der Waals surface area contributed by atoms with Crippen LogP contribution in [0.1, 0.15) is 39.8 Å². The quantitative estimate of drug-likeness (QED) is 0.830. The first-order valence-electron chi connectivity index (χ1n) is 9.11. The van der Waals surface area contributed by atoms with E-state index < -0.39 is 0 Å². The van der Waals surface area contributed by atoms with Crippen molar-refractivity contribution in [3.05, 3.63) is 52.2 Å². The molecule has 1 aliphatic heterocycles. The van der Waals surface area contributed by atoms with Crippen molar-refractivity contribution in [2.24, 2.45) is 5.92 Å². The van der Waals surface area contributed by atoms with Crippen LogP contribution in [0.3, 0.4) is 0 Å². The molecule has 0 atom stereocenters. The number of piperidine rings is 1. The molecule has 2 N–H and O–H groups in total. The van der Waals surface area contributed by atoms with Crippen molar-refractivity contribution in [2.75, 3.05) is 25.0 Å². The molecule has 142 valence electrons. The van der Waals surface area contributed by atoms with Crippen LogP contribution in [0.15, 0.2) is 41.8 Å². The van der Waals surface area contributed by atoms with Gasteiger partial charge in [0.25, 0.3) is 11.8 Å². The summed E-state index contributed by atoms with van der Waals surface area (Å²) in [4.78, 5) is 39.7. The van der Waals surface area contributed by atoms with E-state index >= 15 is 0 Å². The number of nitrogens with one attached hydrogen (secondary N) is 2. The molecule has 0 aliphatic carbocycles. The van der Waals surface area contributed by atoms with E-state index in [4.69, 9.17) is 0 Å². The number of likely N-dealkylation sites (tertiary alicyclic amines) is 1. The second kappa shape index (κ2) is 8.81. The Morgan fingerprint density at radius 1 is 1.11 bits per heavy atom.